The second-order valence-electron chi connectivity index (χ2n) is 3.12. The van der Waals surface area contributed by atoms with Gasteiger partial charge in [-0.15, -0.1) is 0 Å². The summed E-state index contributed by atoms with van der Waals surface area (Å²) in [5.74, 6) is 1.72. The van der Waals surface area contributed by atoms with Gasteiger partial charge in [-0.25, -0.2) is 0 Å². The Balaban J connectivity index is 3.05. The zero-order chi connectivity index (χ0) is 11.3. The molecule has 0 bridgehead atoms. The molecule has 0 unspecified atom stereocenters. The van der Waals surface area contributed by atoms with Gasteiger partial charge in [-0.05, 0) is 48.1 Å². The van der Waals surface area contributed by atoms with Crippen LogP contribution in [0.25, 0.3) is 0 Å². The summed E-state index contributed by atoms with van der Waals surface area (Å²) in [6, 6.07) is 3.82. The molecule has 1 aromatic rings. The summed E-state index contributed by atoms with van der Waals surface area (Å²) < 4.78 is 11.5. The van der Waals surface area contributed by atoms with E-state index in [1.54, 1.807) is 14.2 Å². The van der Waals surface area contributed by atoms with E-state index in [0.717, 1.165) is 34.5 Å². The first-order valence-corrected chi connectivity index (χ1v) is 5.57. The van der Waals surface area contributed by atoms with Gasteiger partial charge >= 0.3 is 0 Å². The molecule has 1 N–H and O–H groups in total. The van der Waals surface area contributed by atoms with Crippen LogP contribution in [0.4, 0.5) is 0 Å². The fourth-order valence-electron chi connectivity index (χ4n) is 1.41. The number of halogens is 1. The monoisotopic (exact) mass is 273 g/mol. The first kappa shape index (κ1) is 12.3. The van der Waals surface area contributed by atoms with Crippen LogP contribution in [0.2, 0.25) is 0 Å². The summed E-state index contributed by atoms with van der Waals surface area (Å²) in [7, 11) is 5.27. The minimum absolute atomic E-state index is 0.835. The molecular weight excluding hydrogens is 258 g/mol. The van der Waals surface area contributed by atoms with Crippen molar-refractivity contribution in [2.24, 2.45) is 0 Å². The number of rotatable bonds is 5. The van der Waals surface area contributed by atoms with Crippen LogP contribution in [0, 0.1) is 0 Å². The minimum atomic E-state index is 0.835. The quantitative estimate of drug-likeness (QED) is 0.893. The molecule has 0 heterocycles. The van der Waals surface area contributed by atoms with Crippen molar-refractivity contribution < 1.29 is 9.47 Å². The molecule has 0 radical (unpaired) electrons. The van der Waals surface area contributed by atoms with Gasteiger partial charge in [0, 0.05) is 5.56 Å². The van der Waals surface area contributed by atoms with Gasteiger partial charge in [0.05, 0.1) is 18.7 Å². The van der Waals surface area contributed by atoms with Crippen molar-refractivity contribution in [2.45, 2.75) is 6.42 Å². The molecule has 0 spiro atoms. The highest BCUT2D eigenvalue weighted by Crippen LogP contribution is 2.35. The smallest absolute Gasteiger partial charge is 0.133 e. The zero-order valence-corrected chi connectivity index (χ0v) is 10.8. The predicted octanol–water partition coefficient (Wildman–Crippen LogP) is 2.23. The van der Waals surface area contributed by atoms with E-state index >= 15 is 0 Å². The molecule has 0 fully saturated rings. The zero-order valence-electron chi connectivity index (χ0n) is 9.26. The largest absolute Gasteiger partial charge is 0.496 e. The highest BCUT2D eigenvalue weighted by molar-refractivity contribution is 9.10. The highest BCUT2D eigenvalue weighted by atomic mass is 79.9. The number of hydrogen-bond acceptors (Lipinski definition) is 3. The number of likely N-dealkylation sites (N-methyl/N-ethyl adjacent to an activating group) is 1. The molecule has 15 heavy (non-hydrogen) atoms. The van der Waals surface area contributed by atoms with Gasteiger partial charge < -0.3 is 14.8 Å². The second-order valence-corrected chi connectivity index (χ2v) is 3.91. The van der Waals surface area contributed by atoms with E-state index in [1.807, 2.05) is 19.2 Å². The molecule has 0 aliphatic rings. The van der Waals surface area contributed by atoms with Crippen molar-refractivity contribution >= 4 is 15.9 Å². The number of hydrogen-bond donors (Lipinski definition) is 1. The molecule has 0 aliphatic heterocycles. The van der Waals surface area contributed by atoms with Gasteiger partial charge in [0.15, 0.2) is 0 Å². The molecule has 1 rings (SSSR count). The predicted molar refractivity (Wildman–Crippen MR) is 64.9 cm³/mol. The SMILES string of the molecule is CNCCc1c(OC)ccc(OC)c1Br. The van der Waals surface area contributed by atoms with Crippen molar-refractivity contribution in [3.63, 3.8) is 0 Å². The molecule has 0 saturated heterocycles. The van der Waals surface area contributed by atoms with Crippen LogP contribution in [-0.4, -0.2) is 27.8 Å². The first-order chi connectivity index (χ1) is 7.24. The number of ether oxygens (including phenoxy) is 2. The molecule has 1 aromatic carbocycles. The van der Waals surface area contributed by atoms with E-state index in [-0.39, 0.29) is 0 Å². The van der Waals surface area contributed by atoms with Crippen LogP contribution < -0.4 is 14.8 Å². The van der Waals surface area contributed by atoms with E-state index in [4.69, 9.17) is 9.47 Å². The fraction of sp³-hybridized carbons (Fsp3) is 0.455. The average Bonchev–Trinajstić information content (AvgIpc) is 2.27. The lowest BCUT2D eigenvalue weighted by Gasteiger charge is -2.13. The average molecular weight is 274 g/mol. The standard InChI is InChI=1S/C11H16BrNO2/c1-13-7-6-8-9(14-2)4-5-10(15-3)11(8)12/h4-5,13H,6-7H2,1-3H3. The molecule has 0 aliphatic carbocycles. The maximum atomic E-state index is 5.31. The Morgan fingerprint density at radius 1 is 1.20 bits per heavy atom. The maximum Gasteiger partial charge on any atom is 0.133 e. The van der Waals surface area contributed by atoms with Gasteiger partial charge in [-0.1, -0.05) is 0 Å². The van der Waals surface area contributed by atoms with Crippen LogP contribution in [-0.2, 0) is 6.42 Å². The molecular formula is C11H16BrNO2. The Kier molecular flexibility index (Phi) is 4.91. The summed E-state index contributed by atoms with van der Waals surface area (Å²) in [5.41, 5.74) is 1.13. The Bertz CT molecular complexity index is 329. The minimum Gasteiger partial charge on any atom is -0.496 e. The third kappa shape index (κ3) is 2.86. The van der Waals surface area contributed by atoms with E-state index < -0.39 is 0 Å². The molecule has 84 valence electrons. The van der Waals surface area contributed by atoms with Gasteiger partial charge in [0.1, 0.15) is 11.5 Å². The lowest BCUT2D eigenvalue weighted by molar-refractivity contribution is 0.396. The summed E-state index contributed by atoms with van der Waals surface area (Å²) in [6.07, 6.45) is 0.900. The number of nitrogens with one attached hydrogen (secondary N) is 1. The van der Waals surface area contributed by atoms with Gasteiger partial charge in [0.2, 0.25) is 0 Å². The van der Waals surface area contributed by atoms with E-state index in [1.165, 1.54) is 0 Å². The van der Waals surface area contributed by atoms with Crippen LogP contribution in [0.5, 0.6) is 11.5 Å². The fourth-order valence-corrected chi connectivity index (χ4v) is 2.10. The van der Waals surface area contributed by atoms with Crippen LogP contribution in [0.1, 0.15) is 5.56 Å². The lowest BCUT2D eigenvalue weighted by atomic mass is 10.1. The van der Waals surface area contributed by atoms with E-state index in [0.29, 0.717) is 0 Å². The summed E-state index contributed by atoms with van der Waals surface area (Å²) >= 11 is 3.53. The van der Waals surface area contributed by atoms with Crippen LogP contribution >= 0.6 is 15.9 Å². The normalized spacial score (nSPS) is 10.1. The molecule has 0 aromatic heterocycles. The van der Waals surface area contributed by atoms with E-state index in [9.17, 15) is 0 Å². The van der Waals surface area contributed by atoms with Gasteiger partial charge in [-0.3, -0.25) is 0 Å². The Hall–Kier alpha value is -0.740. The Labute approximate surface area is 98.9 Å². The van der Waals surface area contributed by atoms with Crippen LogP contribution in [0.15, 0.2) is 16.6 Å². The van der Waals surface area contributed by atoms with Crippen molar-refractivity contribution in [1.29, 1.82) is 0 Å². The van der Waals surface area contributed by atoms with Crippen LogP contribution in [0.3, 0.4) is 0 Å². The molecule has 0 saturated carbocycles. The maximum absolute atomic E-state index is 5.31. The van der Waals surface area contributed by atoms with E-state index in [2.05, 4.69) is 21.2 Å². The first-order valence-electron chi connectivity index (χ1n) is 4.78. The van der Waals surface area contributed by atoms with Crippen molar-refractivity contribution in [1.82, 2.24) is 5.32 Å². The molecule has 0 amide bonds. The number of methoxy groups -OCH3 is 2. The number of benzene rings is 1. The summed E-state index contributed by atoms with van der Waals surface area (Å²) in [4.78, 5) is 0. The third-order valence-corrected chi connectivity index (χ3v) is 3.10. The van der Waals surface area contributed by atoms with Crippen molar-refractivity contribution in [3.05, 3.63) is 22.2 Å². The Morgan fingerprint density at radius 3 is 2.33 bits per heavy atom. The summed E-state index contributed by atoms with van der Waals surface area (Å²) in [5, 5.41) is 3.11. The second kappa shape index (κ2) is 5.98. The molecule has 0 atom stereocenters. The molecule has 3 nitrogen and oxygen atoms in total. The van der Waals surface area contributed by atoms with Gasteiger partial charge in [0.25, 0.3) is 0 Å². The van der Waals surface area contributed by atoms with Gasteiger partial charge in [-0.2, -0.15) is 0 Å². The third-order valence-electron chi connectivity index (χ3n) is 2.23. The summed E-state index contributed by atoms with van der Waals surface area (Å²) in [6.45, 7) is 0.905. The Morgan fingerprint density at radius 2 is 1.80 bits per heavy atom. The molecule has 4 heteroatoms. The lowest BCUT2D eigenvalue weighted by Crippen LogP contribution is -2.11. The van der Waals surface area contributed by atoms with Crippen molar-refractivity contribution in [2.75, 3.05) is 27.8 Å². The topological polar surface area (TPSA) is 30.5 Å². The highest BCUT2D eigenvalue weighted by Gasteiger charge is 2.11. The van der Waals surface area contributed by atoms with Crippen molar-refractivity contribution in [3.8, 4) is 11.5 Å².